The lowest BCUT2D eigenvalue weighted by atomic mass is 9.91. The van der Waals surface area contributed by atoms with Crippen molar-refractivity contribution in [3.8, 4) is 0 Å². The van der Waals surface area contributed by atoms with Gasteiger partial charge in [0.1, 0.15) is 6.54 Å². The highest BCUT2D eigenvalue weighted by Crippen LogP contribution is 2.59. The average Bonchev–Trinajstić information content (AvgIpc) is 3.33. The van der Waals surface area contributed by atoms with Gasteiger partial charge in [-0.3, -0.25) is 19.0 Å². The molecular formula is C18H19N3O5. The van der Waals surface area contributed by atoms with Crippen molar-refractivity contribution < 1.29 is 14.7 Å². The molecule has 136 valence electrons. The number of amides is 1. The molecule has 1 atom stereocenters. The van der Waals surface area contributed by atoms with Gasteiger partial charge in [-0.1, -0.05) is 12.1 Å². The van der Waals surface area contributed by atoms with Gasteiger partial charge in [-0.15, -0.1) is 0 Å². The van der Waals surface area contributed by atoms with Gasteiger partial charge in [0.2, 0.25) is 5.91 Å². The van der Waals surface area contributed by atoms with E-state index in [1.54, 1.807) is 29.2 Å². The molecule has 26 heavy (non-hydrogen) atoms. The molecule has 8 nitrogen and oxygen atoms in total. The molecule has 1 unspecified atom stereocenters. The molecule has 1 aromatic heterocycles. The Bertz CT molecular complexity index is 1010. The first-order valence-electron chi connectivity index (χ1n) is 8.64. The van der Waals surface area contributed by atoms with E-state index in [1.807, 2.05) is 0 Å². The Hall–Kier alpha value is -2.90. The van der Waals surface area contributed by atoms with Crippen molar-refractivity contribution in [2.45, 2.75) is 25.8 Å². The molecule has 2 aliphatic rings. The lowest BCUT2D eigenvalue weighted by molar-refractivity contribution is -0.140. The normalized spacial score (nSPS) is 21.1. The number of carbonyl (C=O) groups is 2. The Morgan fingerprint density at radius 1 is 1.19 bits per heavy atom. The number of nitrogens with one attached hydrogen (secondary N) is 1. The lowest BCUT2D eigenvalue weighted by Crippen LogP contribution is -2.45. The number of rotatable bonds is 3. The summed E-state index contributed by atoms with van der Waals surface area (Å²) in [5.41, 5.74) is -0.817. The second kappa shape index (κ2) is 5.82. The van der Waals surface area contributed by atoms with Gasteiger partial charge in [0.05, 0.1) is 16.8 Å². The second-order valence-corrected chi connectivity index (χ2v) is 7.21. The van der Waals surface area contributed by atoms with Crippen LogP contribution in [0, 0.1) is 11.3 Å². The number of carboxylic acid groups (broad SMARTS) is 1. The summed E-state index contributed by atoms with van der Waals surface area (Å²) in [6.45, 7) is 0.611. The number of hydrogen-bond acceptors (Lipinski definition) is 4. The predicted molar refractivity (Wildman–Crippen MR) is 92.8 cm³/mol. The van der Waals surface area contributed by atoms with Gasteiger partial charge in [-0.2, -0.15) is 0 Å². The van der Waals surface area contributed by atoms with Crippen LogP contribution in [0.4, 0.5) is 0 Å². The number of hydrogen-bond donors (Lipinski definition) is 2. The van der Waals surface area contributed by atoms with E-state index in [9.17, 15) is 19.2 Å². The maximum absolute atomic E-state index is 12.6. The molecular weight excluding hydrogens is 338 g/mol. The third-order valence-corrected chi connectivity index (χ3v) is 5.78. The summed E-state index contributed by atoms with van der Waals surface area (Å²) in [5, 5.41) is 9.49. The van der Waals surface area contributed by atoms with Gasteiger partial charge >= 0.3 is 11.7 Å². The molecule has 1 aliphatic carbocycles. The van der Waals surface area contributed by atoms with Gasteiger partial charge in [-0.05, 0) is 36.8 Å². The number of aromatic nitrogens is 2. The number of aliphatic carboxylic acids is 1. The van der Waals surface area contributed by atoms with Crippen LogP contribution in [0.3, 0.4) is 0 Å². The van der Waals surface area contributed by atoms with Crippen LogP contribution >= 0.6 is 0 Å². The van der Waals surface area contributed by atoms with Crippen LogP contribution in [0.1, 0.15) is 19.3 Å². The lowest BCUT2D eigenvalue weighted by Gasteiger charge is -2.32. The molecule has 1 spiro atoms. The number of aromatic amines is 1. The van der Waals surface area contributed by atoms with Crippen LogP contribution in [0.2, 0.25) is 0 Å². The first kappa shape index (κ1) is 16.6. The van der Waals surface area contributed by atoms with Crippen LogP contribution in [0.25, 0.3) is 10.9 Å². The van der Waals surface area contributed by atoms with E-state index in [0.717, 1.165) is 4.57 Å². The van der Waals surface area contributed by atoms with Crippen molar-refractivity contribution in [3.05, 3.63) is 45.1 Å². The van der Waals surface area contributed by atoms with Crippen LogP contribution in [0.15, 0.2) is 33.9 Å². The fourth-order valence-electron chi connectivity index (χ4n) is 4.03. The first-order chi connectivity index (χ1) is 12.4. The Morgan fingerprint density at radius 2 is 1.88 bits per heavy atom. The topological polar surface area (TPSA) is 112 Å². The van der Waals surface area contributed by atoms with Crippen molar-refractivity contribution in [3.63, 3.8) is 0 Å². The maximum Gasteiger partial charge on any atom is 0.329 e. The Balaban J connectivity index is 1.50. The van der Waals surface area contributed by atoms with Crippen LogP contribution in [-0.4, -0.2) is 44.5 Å². The van der Waals surface area contributed by atoms with E-state index >= 15 is 0 Å². The number of likely N-dealkylation sites (tertiary alicyclic amines) is 1. The highest BCUT2D eigenvalue weighted by Gasteiger charge is 2.59. The number of fused-ring (bicyclic) bond motifs is 1. The highest BCUT2D eigenvalue weighted by atomic mass is 16.4. The summed E-state index contributed by atoms with van der Waals surface area (Å²) >= 11 is 0. The van der Waals surface area contributed by atoms with E-state index in [4.69, 9.17) is 5.11 Å². The minimum absolute atomic E-state index is 0.167. The fourth-order valence-corrected chi connectivity index (χ4v) is 4.03. The molecule has 0 radical (unpaired) electrons. The van der Waals surface area contributed by atoms with Crippen molar-refractivity contribution in [2.24, 2.45) is 11.3 Å². The summed E-state index contributed by atoms with van der Waals surface area (Å²) in [6, 6.07) is 6.67. The van der Waals surface area contributed by atoms with E-state index in [0.29, 0.717) is 43.3 Å². The summed E-state index contributed by atoms with van der Waals surface area (Å²) in [4.78, 5) is 52.6. The van der Waals surface area contributed by atoms with Crippen LogP contribution in [0.5, 0.6) is 0 Å². The van der Waals surface area contributed by atoms with Gasteiger partial charge < -0.3 is 15.0 Å². The zero-order valence-electron chi connectivity index (χ0n) is 14.1. The monoisotopic (exact) mass is 357 g/mol. The number of nitrogens with zero attached hydrogens (tertiary/aromatic N) is 2. The maximum atomic E-state index is 12.6. The standard InChI is InChI=1S/C18H19N3O5/c22-14(20-7-5-18(6-8-20)9-12(18)16(24)25)10-21-15(23)11-3-1-2-4-13(11)19-17(21)26/h1-4,12H,5-10H2,(H,19,26)(H,24,25). The number of H-pyrrole nitrogens is 1. The Kier molecular flexibility index (Phi) is 3.71. The number of carbonyl (C=O) groups excluding carboxylic acids is 1. The minimum atomic E-state index is -0.765. The third-order valence-electron chi connectivity index (χ3n) is 5.78. The molecule has 1 amide bonds. The molecule has 0 bridgehead atoms. The zero-order valence-corrected chi connectivity index (χ0v) is 14.1. The number of para-hydroxylation sites is 1. The second-order valence-electron chi connectivity index (χ2n) is 7.21. The SMILES string of the molecule is O=C(O)C1CC12CCN(C(=O)Cn1c(=O)[nH]c3ccccc3c1=O)CC2. The van der Waals surface area contributed by atoms with Crippen molar-refractivity contribution in [1.82, 2.24) is 14.5 Å². The van der Waals surface area contributed by atoms with Gasteiger partial charge in [-0.25, -0.2) is 4.79 Å². The number of benzene rings is 1. The molecule has 2 heterocycles. The molecule has 1 saturated heterocycles. The average molecular weight is 357 g/mol. The van der Waals surface area contributed by atoms with Gasteiger partial charge in [0, 0.05) is 13.1 Å². The van der Waals surface area contributed by atoms with Crippen molar-refractivity contribution in [1.29, 1.82) is 0 Å². The molecule has 8 heteroatoms. The summed E-state index contributed by atoms with van der Waals surface area (Å²) in [7, 11) is 0. The zero-order chi connectivity index (χ0) is 18.5. The Labute approximate surface area is 148 Å². The molecule has 4 rings (SSSR count). The summed E-state index contributed by atoms with van der Waals surface area (Å²) in [6.07, 6.45) is 1.98. The number of carboxylic acids is 1. The predicted octanol–water partition coefficient (Wildman–Crippen LogP) is 0.403. The van der Waals surface area contributed by atoms with Gasteiger partial charge in [0.15, 0.2) is 0 Å². The molecule has 1 aliphatic heterocycles. The van der Waals surface area contributed by atoms with Crippen LogP contribution < -0.4 is 11.2 Å². The largest absolute Gasteiger partial charge is 0.481 e. The molecule has 1 saturated carbocycles. The first-order valence-corrected chi connectivity index (χ1v) is 8.64. The number of piperidine rings is 1. The molecule has 2 fully saturated rings. The highest BCUT2D eigenvalue weighted by molar-refractivity contribution is 5.79. The molecule has 2 N–H and O–H groups in total. The van der Waals surface area contributed by atoms with Gasteiger partial charge in [0.25, 0.3) is 5.56 Å². The van der Waals surface area contributed by atoms with Crippen LogP contribution in [-0.2, 0) is 16.1 Å². The van der Waals surface area contributed by atoms with E-state index < -0.39 is 17.2 Å². The third kappa shape index (κ3) is 2.61. The Morgan fingerprint density at radius 3 is 2.54 bits per heavy atom. The van der Waals surface area contributed by atoms with Crippen molar-refractivity contribution >= 4 is 22.8 Å². The molecule has 1 aromatic carbocycles. The molecule has 2 aromatic rings. The quantitative estimate of drug-likeness (QED) is 0.826. The van der Waals surface area contributed by atoms with E-state index in [1.165, 1.54) is 0 Å². The van der Waals surface area contributed by atoms with E-state index in [2.05, 4.69) is 4.98 Å². The minimum Gasteiger partial charge on any atom is -0.481 e. The van der Waals surface area contributed by atoms with E-state index in [-0.39, 0.29) is 23.8 Å². The fraction of sp³-hybridized carbons (Fsp3) is 0.444. The summed E-state index contributed by atoms with van der Waals surface area (Å²) in [5.74, 6) is -1.36. The summed E-state index contributed by atoms with van der Waals surface area (Å²) < 4.78 is 0.923. The smallest absolute Gasteiger partial charge is 0.329 e. The van der Waals surface area contributed by atoms with Crippen molar-refractivity contribution in [2.75, 3.05) is 13.1 Å².